The summed E-state index contributed by atoms with van der Waals surface area (Å²) in [4.78, 5) is 0. The molecule has 0 aromatic carbocycles. The van der Waals surface area contributed by atoms with Crippen molar-refractivity contribution in [3.8, 4) is 0 Å². The van der Waals surface area contributed by atoms with Gasteiger partial charge in [-0.3, -0.25) is 4.68 Å². The first-order valence-electron chi connectivity index (χ1n) is 7.03. The minimum atomic E-state index is 0.505. The molecule has 1 N–H and O–H groups in total. The Morgan fingerprint density at radius 1 is 1.18 bits per heavy atom. The van der Waals surface area contributed by atoms with Gasteiger partial charge in [0.25, 0.3) is 0 Å². The molecule has 1 aromatic heterocycles. The van der Waals surface area contributed by atoms with Gasteiger partial charge >= 0.3 is 0 Å². The Morgan fingerprint density at radius 2 is 1.94 bits per heavy atom. The highest BCUT2D eigenvalue weighted by Gasteiger charge is 2.01. The zero-order valence-electron chi connectivity index (χ0n) is 11.4. The lowest BCUT2D eigenvalue weighted by atomic mass is 10.1. The van der Waals surface area contributed by atoms with Crippen LogP contribution in [0.5, 0.6) is 0 Å². The van der Waals surface area contributed by atoms with Crippen LogP contribution in [0.2, 0.25) is 0 Å². The van der Waals surface area contributed by atoms with E-state index in [9.17, 15) is 0 Å². The Bertz CT molecular complexity index is 256. The van der Waals surface area contributed by atoms with E-state index in [1.807, 2.05) is 23.1 Å². The number of rotatable bonds is 10. The summed E-state index contributed by atoms with van der Waals surface area (Å²) >= 11 is 0. The standard InChI is InChI=1S/C14H27N3/c1-3-4-5-6-7-8-10-15-14(2)13-17-12-9-11-16-17/h9,11-12,14-15H,3-8,10,13H2,1-2H3. The maximum Gasteiger partial charge on any atom is 0.0559 e. The normalized spacial score (nSPS) is 12.8. The molecule has 0 amide bonds. The summed E-state index contributed by atoms with van der Waals surface area (Å²) in [5, 5.41) is 7.76. The molecule has 1 heterocycles. The van der Waals surface area contributed by atoms with E-state index in [2.05, 4.69) is 24.3 Å². The number of hydrogen-bond acceptors (Lipinski definition) is 2. The molecule has 3 heteroatoms. The average Bonchev–Trinajstić information content (AvgIpc) is 2.80. The van der Waals surface area contributed by atoms with Crippen molar-refractivity contribution in [3.63, 3.8) is 0 Å². The van der Waals surface area contributed by atoms with E-state index in [4.69, 9.17) is 0 Å². The number of hydrogen-bond donors (Lipinski definition) is 1. The Balaban J connectivity index is 1.92. The Morgan fingerprint density at radius 3 is 2.65 bits per heavy atom. The minimum Gasteiger partial charge on any atom is -0.312 e. The van der Waals surface area contributed by atoms with E-state index < -0.39 is 0 Å². The third kappa shape index (κ3) is 7.16. The van der Waals surface area contributed by atoms with Crippen molar-refractivity contribution in [1.29, 1.82) is 0 Å². The molecule has 1 aromatic rings. The molecule has 17 heavy (non-hydrogen) atoms. The molecule has 1 rings (SSSR count). The molecule has 98 valence electrons. The van der Waals surface area contributed by atoms with Crippen LogP contribution in [0, 0.1) is 0 Å². The van der Waals surface area contributed by atoms with Crippen LogP contribution in [0.1, 0.15) is 52.4 Å². The van der Waals surface area contributed by atoms with E-state index in [0.717, 1.165) is 13.1 Å². The van der Waals surface area contributed by atoms with Gasteiger partial charge in [0.05, 0.1) is 6.54 Å². The monoisotopic (exact) mass is 237 g/mol. The van der Waals surface area contributed by atoms with Gasteiger partial charge in [-0.15, -0.1) is 0 Å². The molecule has 0 fully saturated rings. The van der Waals surface area contributed by atoms with Crippen LogP contribution in [0.15, 0.2) is 18.5 Å². The van der Waals surface area contributed by atoms with Gasteiger partial charge in [-0.1, -0.05) is 39.0 Å². The van der Waals surface area contributed by atoms with Crippen molar-refractivity contribution in [2.75, 3.05) is 6.54 Å². The van der Waals surface area contributed by atoms with Gasteiger partial charge in [0.15, 0.2) is 0 Å². The Kier molecular flexibility index (Phi) is 7.72. The van der Waals surface area contributed by atoms with E-state index in [1.165, 1.54) is 38.5 Å². The SMILES string of the molecule is CCCCCCCCNC(C)Cn1cccn1. The molecule has 1 atom stereocenters. The van der Waals surface area contributed by atoms with Crippen LogP contribution in [0.25, 0.3) is 0 Å². The summed E-state index contributed by atoms with van der Waals surface area (Å²) in [5.41, 5.74) is 0. The maximum atomic E-state index is 4.21. The summed E-state index contributed by atoms with van der Waals surface area (Å²) in [6, 6.07) is 2.48. The summed E-state index contributed by atoms with van der Waals surface area (Å²) in [6.07, 6.45) is 12.0. The summed E-state index contributed by atoms with van der Waals surface area (Å²) < 4.78 is 1.99. The number of nitrogens with zero attached hydrogens (tertiary/aromatic N) is 2. The molecule has 0 saturated heterocycles. The van der Waals surface area contributed by atoms with Crippen LogP contribution in [0.3, 0.4) is 0 Å². The van der Waals surface area contributed by atoms with Crippen molar-refractivity contribution in [3.05, 3.63) is 18.5 Å². The highest BCUT2D eigenvalue weighted by Crippen LogP contribution is 2.04. The van der Waals surface area contributed by atoms with Crippen LogP contribution in [-0.2, 0) is 6.54 Å². The molecule has 0 aliphatic carbocycles. The fraction of sp³-hybridized carbons (Fsp3) is 0.786. The van der Waals surface area contributed by atoms with Gasteiger partial charge in [-0.05, 0) is 26.0 Å². The molecular weight excluding hydrogens is 210 g/mol. The van der Waals surface area contributed by atoms with Gasteiger partial charge in [-0.25, -0.2) is 0 Å². The number of unbranched alkanes of at least 4 members (excludes halogenated alkanes) is 5. The second-order valence-electron chi connectivity index (χ2n) is 4.85. The largest absolute Gasteiger partial charge is 0.312 e. The molecule has 0 saturated carbocycles. The van der Waals surface area contributed by atoms with Gasteiger partial charge in [-0.2, -0.15) is 5.10 Å². The van der Waals surface area contributed by atoms with Crippen molar-refractivity contribution >= 4 is 0 Å². The van der Waals surface area contributed by atoms with E-state index in [0.29, 0.717) is 6.04 Å². The summed E-state index contributed by atoms with van der Waals surface area (Å²) in [7, 11) is 0. The van der Waals surface area contributed by atoms with E-state index >= 15 is 0 Å². The van der Waals surface area contributed by atoms with Crippen molar-refractivity contribution in [1.82, 2.24) is 15.1 Å². The minimum absolute atomic E-state index is 0.505. The van der Waals surface area contributed by atoms with Gasteiger partial charge in [0, 0.05) is 18.4 Å². The predicted octanol–water partition coefficient (Wildman–Crippen LogP) is 3.22. The molecule has 0 aliphatic rings. The molecule has 1 unspecified atom stereocenters. The zero-order chi connectivity index (χ0) is 12.3. The summed E-state index contributed by atoms with van der Waals surface area (Å²) in [6.45, 7) is 6.58. The third-order valence-corrected chi connectivity index (χ3v) is 3.04. The topological polar surface area (TPSA) is 29.9 Å². The number of aromatic nitrogens is 2. The first-order chi connectivity index (χ1) is 8.33. The second kappa shape index (κ2) is 9.23. The van der Waals surface area contributed by atoms with Crippen LogP contribution in [0.4, 0.5) is 0 Å². The summed E-state index contributed by atoms with van der Waals surface area (Å²) in [5.74, 6) is 0. The molecule has 0 aliphatic heterocycles. The van der Waals surface area contributed by atoms with Gasteiger partial charge < -0.3 is 5.32 Å². The fourth-order valence-electron chi connectivity index (χ4n) is 2.01. The highest BCUT2D eigenvalue weighted by atomic mass is 15.3. The lowest BCUT2D eigenvalue weighted by Gasteiger charge is -2.13. The quantitative estimate of drug-likeness (QED) is 0.633. The third-order valence-electron chi connectivity index (χ3n) is 3.04. The molecule has 0 spiro atoms. The average molecular weight is 237 g/mol. The predicted molar refractivity (Wildman–Crippen MR) is 73.1 cm³/mol. The smallest absolute Gasteiger partial charge is 0.0559 e. The maximum absolute atomic E-state index is 4.21. The molecular formula is C14H27N3. The molecule has 0 radical (unpaired) electrons. The van der Waals surface area contributed by atoms with Gasteiger partial charge in [0.1, 0.15) is 0 Å². The second-order valence-corrected chi connectivity index (χ2v) is 4.85. The zero-order valence-corrected chi connectivity index (χ0v) is 11.4. The van der Waals surface area contributed by atoms with Crippen LogP contribution in [-0.4, -0.2) is 22.4 Å². The van der Waals surface area contributed by atoms with Crippen LogP contribution >= 0.6 is 0 Å². The van der Waals surface area contributed by atoms with E-state index in [-0.39, 0.29) is 0 Å². The van der Waals surface area contributed by atoms with Crippen molar-refractivity contribution in [2.24, 2.45) is 0 Å². The highest BCUT2D eigenvalue weighted by molar-refractivity contribution is 4.78. The van der Waals surface area contributed by atoms with E-state index in [1.54, 1.807) is 0 Å². The Labute approximate surface area is 106 Å². The first kappa shape index (κ1) is 14.2. The van der Waals surface area contributed by atoms with Crippen molar-refractivity contribution < 1.29 is 0 Å². The molecule has 3 nitrogen and oxygen atoms in total. The van der Waals surface area contributed by atoms with Crippen LogP contribution < -0.4 is 5.32 Å². The fourth-order valence-corrected chi connectivity index (χ4v) is 2.01. The lowest BCUT2D eigenvalue weighted by molar-refractivity contribution is 0.442. The van der Waals surface area contributed by atoms with Crippen molar-refractivity contribution in [2.45, 2.75) is 65.0 Å². The Hall–Kier alpha value is -0.830. The number of nitrogens with one attached hydrogen (secondary N) is 1. The van der Waals surface area contributed by atoms with Gasteiger partial charge in [0.2, 0.25) is 0 Å². The lowest BCUT2D eigenvalue weighted by Crippen LogP contribution is -2.31. The molecule has 0 bridgehead atoms. The first-order valence-corrected chi connectivity index (χ1v) is 7.03.